The zero-order valence-corrected chi connectivity index (χ0v) is 9.33. The Hall–Kier alpha value is -1.41. The van der Waals surface area contributed by atoms with Crippen LogP contribution in [-0.4, -0.2) is 4.57 Å². The van der Waals surface area contributed by atoms with Gasteiger partial charge in [-0.3, -0.25) is 0 Å². The lowest BCUT2D eigenvalue weighted by atomic mass is 10.2. The largest absolute Gasteiger partial charge is 0.397 e. The van der Waals surface area contributed by atoms with Crippen LogP contribution < -0.4 is 5.73 Å². The molecule has 0 fully saturated rings. The second kappa shape index (κ2) is 3.99. The Labute approximate surface area is 93.9 Å². The van der Waals surface area contributed by atoms with Crippen molar-refractivity contribution in [1.29, 1.82) is 0 Å². The summed E-state index contributed by atoms with van der Waals surface area (Å²) >= 11 is 5.65. The zero-order chi connectivity index (χ0) is 10.8. The van der Waals surface area contributed by atoms with Gasteiger partial charge in [0.25, 0.3) is 0 Å². The van der Waals surface area contributed by atoms with Crippen molar-refractivity contribution >= 4 is 28.2 Å². The van der Waals surface area contributed by atoms with Crippen LogP contribution in [-0.2, 0) is 6.54 Å². The average Bonchev–Trinajstić information content (AvgIpc) is 2.63. The molecule has 0 aliphatic heterocycles. The minimum atomic E-state index is 0.779. The topological polar surface area (TPSA) is 30.9 Å². The van der Waals surface area contributed by atoms with Crippen LogP contribution in [0.4, 0.5) is 5.69 Å². The summed E-state index contributed by atoms with van der Waals surface area (Å²) in [7, 11) is 0. The number of nitrogens with two attached hydrogens (primary N) is 1. The maximum Gasteiger partial charge on any atom is 0.0716 e. The van der Waals surface area contributed by atoms with Gasteiger partial charge in [-0.1, -0.05) is 23.7 Å². The molecule has 2 nitrogen and oxygen atoms in total. The fraction of sp³-hybridized carbons (Fsp3) is 0.167. The molecule has 2 aromatic rings. The highest BCUT2D eigenvalue weighted by Gasteiger charge is 2.03. The summed E-state index contributed by atoms with van der Waals surface area (Å²) in [6, 6.07) is 8.00. The molecular formula is C12H13ClN2. The maximum atomic E-state index is 5.95. The second-order valence-corrected chi connectivity index (χ2v) is 3.90. The fourth-order valence-corrected chi connectivity index (χ4v) is 1.79. The van der Waals surface area contributed by atoms with Crippen molar-refractivity contribution < 1.29 is 0 Å². The summed E-state index contributed by atoms with van der Waals surface area (Å²) in [5.74, 6) is 0. The molecule has 0 saturated heterocycles. The van der Waals surface area contributed by atoms with Crippen LogP contribution >= 0.6 is 11.6 Å². The van der Waals surface area contributed by atoms with Gasteiger partial charge in [0, 0.05) is 23.7 Å². The summed E-state index contributed by atoms with van der Waals surface area (Å²) in [5, 5.41) is 1.16. The van der Waals surface area contributed by atoms with Crippen molar-refractivity contribution in [3.8, 4) is 0 Å². The molecule has 0 atom stereocenters. The van der Waals surface area contributed by atoms with Crippen molar-refractivity contribution in [2.75, 3.05) is 5.73 Å². The Balaban J connectivity index is 2.53. The Bertz CT molecular complexity index is 511. The highest BCUT2D eigenvalue weighted by Crippen LogP contribution is 2.22. The van der Waals surface area contributed by atoms with Crippen LogP contribution in [0.15, 0.2) is 41.6 Å². The monoisotopic (exact) mass is 220 g/mol. The highest BCUT2D eigenvalue weighted by molar-refractivity contribution is 6.25. The Morgan fingerprint density at radius 1 is 1.47 bits per heavy atom. The summed E-state index contributed by atoms with van der Waals surface area (Å²) < 4.78 is 2.11. The number of halogens is 1. The molecule has 78 valence electrons. The van der Waals surface area contributed by atoms with E-state index in [1.54, 1.807) is 5.54 Å². The van der Waals surface area contributed by atoms with Crippen molar-refractivity contribution in [1.82, 2.24) is 4.57 Å². The van der Waals surface area contributed by atoms with Crippen LogP contribution in [0, 0.1) is 0 Å². The van der Waals surface area contributed by atoms with Crippen LogP contribution in [0.25, 0.3) is 10.9 Å². The third-order valence-corrected chi connectivity index (χ3v) is 2.80. The number of hydrogen-bond acceptors (Lipinski definition) is 1. The van der Waals surface area contributed by atoms with Gasteiger partial charge in [-0.2, -0.15) is 0 Å². The van der Waals surface area contributed by atoms with E-state index in [0.717, 1.165) is 28.7 Å². The predicted molar refractivity (Wildman–Crippen MR) is 66.0 cm³/mol. The number of fused-ring (bicyclic) bond motifs is 1. The van der Waals surface area contributed by atoms with Crippen molar-refractivity contribution in [3.05, 3.63) is 41.6 Å². The molecule has 1 aromatic heterocycles. The van der Waals surface area contributed by atoms with E-state index in [2.05, 4.69) is 16.7 Å². The average molecular weight is 221 g/mol. The van der Waals surface area contributed by atoms with E-state index in [1.165, 1.54) is 0 Å². The summed E-state index contributed by atoms with van der Waals surface area (Å²) in [6.07, 6.45) is 2.03. The van der Waals surface area contributed by atoms with E-state index in [1.807, 2.05) is 25.3 Å². The van der Waals surface area contributed by atoms with Crippen molar-refractivity contribution in [3.63, 3.8) is 0 Å². The minimum absolute atomic E-state index is 0.779. The molecule has 1 heterocycles. The molecule has 2 rings (SSSR count). The van der Waals surface area contributed by atoms with Crippen molar-refractivity contribution in [2.24, 2.45) is 0 Å². The Kier molecular flexibility index (Phi) is 2.69. The molecule has 0 aliphatic carbocycles. The molecule has 2 N–H and O–H groups in total. The number of nitrogen functional groups attached to an aromatic ring is 1. The van der Waals surface area contributed by atoms with Gasteiger partial charge in [-0.25, -0.2) is 0 Å². The van der Waals surface area contributed by atoms with E-state index in [-0.39, 0.29) is 0 Å². The molecule has 15 heavy (non-hydrogen) atoms. The number of aromatic nitrogens is 1. The van der Waals surface area contributed by atoms with Gasteiger partial charge in [0.15, 0.2) is 0 Å². The SMILES string of the molecule is C/C(=C/Cl)Cn1ccc2cccc(N)c21. The van der Waals surface area contributed by atoms with Gasteiger partial charge < -0.3 is 10.3 Å². The number of allylic oxidation sites excluding steroid dienone is 1. The summed E-state index contributed by atoms with van der Waals surface area (Å²) in [5.41, 5.74) is 10.5. The van der Waals surface area contributed by atoms with Crippen LogP contribution in [0.3, 0.4) is 0 Å². The smallest absolute Gasteiger partial charge is 0.0716 e. The standard InChI is InChI=1S/C12H13ClN2/c1-9(7-13)8-15-6-5-10-3-2-4-11(14)12(10)15/h2-7H,8,14H2,1H3/b9-7-. The van der Waals surface area contributed by atoms with Crippen LogP contribution in [0.5, 0.6) is 0 Å². The van der Waals surface area contributed by atoms with E-state index in [0.29, 0.717) is 0 Å². The van der Waals surface area contributed by atoms with E-state index >= 15 is 0 Å². The molecule has 0 spiro atoms. The zero-order valence-electron chi connectivity index (χ0n) is 8.57. The third kappa shape index (κ3) is 1.85. The normalized spacial score (nSPS) is 12.3. The predicted octanol–water partition coefficient (Wildman–Crippen LogP) is 3.37. The van der Waals surface area contributed by atoms with E-state index in [4.69, 9.17) is 17.3 Å². The second-order valence-electron chi connectivity index (χ2n) is 3.68. The van der Waals surface area contributed by atoms with E-state index < -0.39 is 0 Å². The third-order valence-electron chi connectivity index (χ3n) is 2.43. The van der Waals surface area contributed by atoms with Gasteiger partial charge in [0.1, 0.15) is 0 Å². The maximum absolute atomic E-state index is 5.95. The molecule has 0 aliphatic rings. The first kappa shape index (κ1) is 10.1. The number of para-hydroxylation sites is 1. The van der Waals surface area contributed by atoms with E-state index in [9.17, 15) is 0 Å². The first-order valence-electron chi connectivity index (χ1n) is 4.81. The Morgan fingerprint density at radius 3 is 3.00 bits per heavy atom. The molecule has 0 unspecified atom stereocenters. The molecule has 0 saturated carbocycles. The number of rotatable bonds is 2. The molecule has 0 radical (unpaired) electrons. The van der Waals surface area contributed by atoms with Crippen molar-refractivity contribution in [2.45, 2.75) is 13.5 Å². The quantitative estimate of drug-likeness (QED) is 0.773. The minimum Gasteiger partial charge on any atom is -0.397 e. The summed E-state index contributed by atoms with van der Waals surface area (Å²) in [4.78, 5) is 0. The first-order valence-corrected chi connectivity index (χ1v) is 5.25. The van der Waals surface area contributed by atoms with Gasteiger partial charge in [0.05, 0.1) is 11.2 Å². The number of hydrogen-bond donors (Lipinski definition) is 1. The lowest BCUT2D eigenvalue weighted by Crippen LogP contribution is -1.99. The first-order chi connectivity index (χ1) is 7.22. The molecule has 0 amide bonds. The van der Waals surface area contributed by atoms with Gasteiger partial charge >= 0.3 is 0 Å². The molecule has 0 bridgehead atoms. The van der Waals surface area contributed by atoms with Gasteiger partial charge in [-0.05, 0) is 24.6 Å². The van der Waals surface area contributed by atoms with Gasteiger partial charge in [-0.15, -0.1) is 0 Å². The van der Waals surface area contributed by atoms with Crippen LogP contribution in [0.1, 0.15) is 6.92 Å². The number of anilines is 1. The lowest BCUT2D eigenvalue weighted by Gasteiger charge is -2.06. The molecular weight excluding hydrogens is 208 g/mol. The summed E-state index contributed by atoms with van der Waals surface area (Å²) in [6.45, 7) is 2.78. The molecule has 1 aromatic carbocycles. The molecule has 3 heteroatoms. The number of nitrogens with zero attached hydrogens (tertiary/aromatic N) is 1. The Morgan fingerprint density at radius 2 is 2.27 bits per heavy atom. The number of benzene rings is 1. The fourth-order valence-electron chi connectivity index (χ4n) is 1.73. The van der Waals surface area contributed by atoms with Gasteiger partial charge in [0.2, 0.25) is 0 Å². The highest BCUT2D eigenvalue weighted by atomic mass is 35.5. The van der Waals surface area contributed by atoms with Crippen LogP contribution in [0.2, 0.25) is 0 Å². The lowest BCUT2D eigenvalue weighted by molar-refractivity contribution is 0.822.